The molecule has 0 aliphatic carbocycles. The SMILES string of the molecule is C=CCN(Cc1ccccc1)C(=O)C1N([C@H](CO)c2ccccc2)C(=O)[C@@H]2[C@H](C(=O)O)[C@]3(C)CCC12O3. The molecule has 8 heteroatoms. The second-order valence-electron chi connectivity index (χ2n) is 10.4. The van der Waals surface area contributed by atoms with Gasteiger partial charge in [0, 0.05) is 13.1 Å². The summed E-state index contributed by atoms with van der Waals surface area (Å²) >= 11 is 0. The molecule has 37 heavy (non-hydrogen) atoms. The van der Waals surface area contributed by atoms with Crippen LogP contribution in [0.2, 0.25) is 0 Å². The first kappa shape index (κ1) is 25.2. The molecule has 2 unspecified atom stereocenters. The smallest absolute Gasteiger partial charge is 0.310 e. The standard InChI is InChI=1S/C29H32N2O6/c1-3-16-30(17-19-10-6-4-7-11-19)26(34)24-29-15-14-28(2,37-29)23(27(35)36)22(29)25(33)31(24)21(18-32)20-12-8-5-9-13-20/h3-13,21-24,32H,1,14-18H2,2H3,(H,35,36)/t21-,22+,23-,24?,28+,29?/m1/s1. The molecular weight excluding hydrogens is 472 g/mol. The van der Waals surface area contributed by atoms with Gasteiger partial charge in [-0.25, -0.2) is 0 Å². The van der Waals surface area contributed by atoms with Crippen molar-refractivity contribution >= 4 is 17.8 Å². The first-order chi connectivity index (χ1) is 17.8. The van der Waals surface area contributed by atoms with E-state index in [2.05, 4.69) is 6.58 Å². The monoisotopic (exact) mass is 504 g/mol. The van der Waals surface area contributed by atoms with Crippen LogP contribution in [-0.2, 0) is 25.7 Å². The molecule has 3 aliphatic rings. The number of aliphatic hydroxyl groups excluding tert-OH is 1. The Kier molecular flexibility index (Phi) is 6.41. The second-order valence-corrected chi connectivity index (χ2v) is 10.4. The summed E-state index contributed by atoms with van der Waals surface area (Å²) in [6.45, 7) is 5.66. The number of carboxylic acids is 1. The number of amides is 2. The average Bonchev–Trinajstić information content (AvgIpc) is 3.46. The number of benzene rings is 2. The van der Waals surface area contributed by atoms with Gasteiger partial charge in [-0.1, -0.05) is 66.7 Å². The summed E-state index contributed by atoms with van der Waals surface area (Å²) in [6.07, 6.45) is 2.45. The van der Waals surface area contributed by atoms with E-state index in [1.807, 2.05) is 36.4 Å². The Morgan fingerprint density at radius 1 is 1.16 bits per heavy atom. The predicted octanol–water partition coefficient (Wildman–Crippen LogP) is 2.78. The van der Waals surface area contributed by atoms with E-state index in [0.29, 0.717) is 24.9 Å². The summed E-state index contributed by atoms with van der Waals surface area (Å²) < 4.78 is 6.49. The maximum absolute atomic E-state index is 14.4. The fourth-order valence-electron chi connectivity index (χ4n) is 6.75. The van der Waals surface area contributed by atoms with Gasteiger partial charge in [0.15, 0.2) is 0 Å². The lowest BCUT2D eigenvalue weighted by molar-refractivity contribution is -0.158. The van der Waals surface area contributed by atoms with Crippen LogP contribution < -0.4 is 0 Å². The number of carboxylic acid groups (broad SMARTS) is 1. The minimum absolute atomic E-state index is 0.238. The Morgan fingerprint density at radius 3 is 2.41 bits per heavy atom. The quantitative estimate of drug-likeness (QED) is 0.509. The van der Waals surface area contributed by atoms with E-state index in [0.717, 1.165) is 5.56 Å². The second kappa shape index (κ2) is 9.43. The zero-order chi connectivity index (χ0) is 26.4. The number of rotatable bonds is 9. The number of hydrogen-bond donors (Lipinski definition) is 2. The normalized spacial score (nSPS) is 30.7. The van der Waals surface area contributed by atoms with Crippen LogP contribution in [0.5, 0.6) is 0 Å². The topological polar surface area (TPSA) is 107 Å². The van der Waals surface area contributed by atoms with Crippen molar-refractivity contribution in [1.82, 2.24) is 9.80 Å². The number of likely N-dealkylation sites (tertiary alicyclic amines) is 1. The minimum atomic E-state index is -1.29. The number of nitrogens with zero attached hydrogens (tertiary/aromatic N) is 2. The van der Waals surface area contributed by atoms with Gasteiger partial charge in [-0.2, -0.15) is 0 Å². The highest BCUT2D eigenvalue weighted by Crippen LogP contribution is 2.64. The number of aliphatic hydroxyl groups is 1. The molecule has 1 spiro atoms. The Morgan fingerprint density at radius 2 is 1.81 bits per heavy atom. The highest BCUT2D eigenvalue weighted by atomic mass is 16.5. The van der Waals surface area contributed by atoms with E-state index in [9.17, 15) is 24.6 Å². The van der Waals surface area contributed by atoms with Gasteiger partial charge in [0.25, 0.3) is 0 Å². The van der Waals surface area contributed by atoms with Crippen LogP contribution in [0, 0.1) is 11.8 Å². The number of aliphatic carboxylic acids is 1. The average molecular weight is 505 g/mol. The molecule has 2 aromatic carbocycles. The summed E-state index contributed by atoms with van der Waals surface area (Å²) in [5.41, 5.74) is -0.750. The summed E-state index contributed by atoms with van der Waals surface area (Å²) in [5, 5.41) is 20.7. The van der Waals surface area contributed by atoms with E-state index < -0.39 is 53.6 Å². The third-order valence-electron chi connectivity index (χ3n) is 8.28. The zero-order valence-corrected chi connectivity index (χ0v) is 20.8. The van der Waals surface area contributed by atoms with E-state index in [1.54, 1.807) is 42.2 Å². The summed E-state index contributed by atoms with van der Waals surface area (Å²) in [4.78, 5) is 44.0. The van der Waals surface area contributed by atoms with Crippen LogP contribution in [-0.4, -0.2) is 68.2 Å². The zero-order valence-electron chi connectivity index (χ0n) is 20.8. The molecule has 0 saturated carbocycles. The molecule has 3 aliphatic heterocycles. The third kappa shape index (κ3) is 3.86. The van der Waals surface area contributed by atoms with Crippen LogP contribution in [0.4, 0.5) is 0 Å². The summed E-state index contributed by atoms with van der Waals surface area (Å²) in [7, 11) is 0. The summed E-state index contributed by atoms with van der Waals surface area (Å²) in [6, 6.07) is 16.6. The number of fused-ring (bicyclic) bond motifs is 1. The number of carbonyl (C=O) groups excluding carboxylic acids is 2. The lowest BCUT2D eigenvalue weighted by Crippen LogP contribution is -2.57. The molecule has 2 amide bonds. The molecule has 194 valence electrons. The van der Waals surface area contributed by atoms with Crippen LogP contribution in [0.25, 0.3) is 0 Å². The first-order valence-electron chi connectivity index (χ1n) is 12.6. The van der Waals surface area contributed by atoms with Gasteiger partial charge in [0.05, 0.1) is 30.1 Å². The molecule has 2 bridgehead atoms. The van der Waals surface area contributed by atoms with Crippen molar-refractivity contribution in [2.24, 2.45) is 11.8 Å². The Labute approximate surface area is 216 Å². The highest BCUT2D eigenvalue weighted by Gasteiger charge is 2.79. The van der Waals surface area contributed by atoms with Crippen LogP contribution in [0.3, 0.4) is 0 Å². The van der Waals surface area contributed by atoms with Gasteiger partial charge in [-0.05, 0) is 30.9 Å². The van der Waals surface area contributed by atoms with Crippen molar-refractivity contribution in [2.75, 3.05) is 13.2 Å². The van der Waals surface area contributed by atoms with Crippen molar-refractivity contribution in [3.8, 4) is 0 Å². The van der Waals surface area contributed by atoms with Gasteiger partial charge >= 0.3 is 5.97 Å². The van der Waals surface area contributed by atoms with Crippen molar-refractivity contribution < 1.29 is 29.3 Å². The van der Waals surface area contributed by atoms with Gasteiger partial charge in [-0.15, -0.1) is 6.58 Å². The van der Waals surface area contributed by atoms with Crippen molar-refractivity contribution in [3.05, 3.63) is 84.4 Å². The molecule has 2 N–H and O–H groups in total. The van der Waals surface area contributed by atoms with E-state index in [4.69, 9.17) is 4.74 Å². The Bertz CT molecular complexity index is 1200. The molecule has 3 saturated heterocycles. The fraction of sp³-hybridized carbons (Fsp3) is 0.414. The lowest BCUT2D eigenvalue weighted by Gasteiger charge is -2.39. The van der Waals surface area contributed by atoms with Gasteiger partial charge in [0.2, 0.25) is 11.8 Å². The largest absolute Gasteiger partial charge is 0.481 e. The lowest BCUT2D eigenvalue weighted by atomic mass is 9.66. The van der Waals surface area contributed by atoms with Gasteiger partial charge in [-0.3, -0.25) is 14.4 Å². The molecular formula is C29H32N2O6. The van der Waals surface area contributed by atoms with E-state index in [1.165, 1.54) is 4.90 Å². The van der Waals surface area contributed by atoms with Crippen molar-refractivity contribution in [1.29, 1.82) is 0 Å². The number of ether oxygens (including phenoxy) is 1. The molecule has 5 rings (SSSR count). The Hall–Kier alpha value is -3.49. The van der Waals surface area contributed by atoms with Crippen molar-refractivity contribution in [2.45, 2.75) is 49.6 Å². The highest BCUT2D eigenvalue weighted by molar-refractivity contribution is 5.98. The molecule has 0 radical (unpaired) electrons. The van der Waals surface area contributed by atoms with Gasteiger partial charge < -0.3 is 24.7 Å². The van der Waals surface area contributed by atoms with E-state index in [-0.39, 0.29) is 12.5 Å². The fourth-order valence-corrected chi connectivity index (χ4v) is 6.75. The summed E-state index contributed by atoms with van der Waals surface area (Å²) in [5.74, 6) is -4.01. The first-order valence-corrected chi connectivity index (χ1v) is 12.6. The van der Waals surface area contributed by atoms with Gasteiger partial charge in [0.1, 0.15) is 11.6 Å². The van der Waals surface area contributed by atoms with Crippen LogP contribution >= 0.6 is 0 Å². The number of carbonyl (C=O) groups is 3. The van der Waals surface area contributed by atoms with Crippen molar-refractivity contribution in [3.63, 3.8) is 0 Å². The van der Waals surface area contributed by atoms with E-state index >= 15 is 0 Å². The third-order valence-corrected chi connectivity index (χ3v) is 8.28. The molecule has 0 aromatic heterocycles. The van der Waals surface area contributed by atoms with Crippen LogP contribution in [0.1, 0.15) is 36.9 Å². The molecule has 2 aromatic rings. The molecule has 8 nitrogen and oxygen atoms in total. The number of hydrogen-bond acceptors (Lipinski definition) is 5. The molecule has 3 heterocycles. The molecule has 3 fully saturated rings. The maximum Gasteiger partial charge on any atom is 0.310 e. The van der Waals surface area contributed by atoms with Crippen LogP contribution in [0.15, 0.2) is 73.3 Å². The minimum Gasteiger partial charge on any atom is -0.481 e. The Balaban J connectivity index is 1.62. The predicted molar refractivity (Wildman–Crippen MR) is 135 cm³/mol. The molecule has 6 atom stereocenters. The maximum atomic E-state index is 14.4.